The van der Waals surface area contributed by atoms with Gasteiger partial charge in [-0.25, -0.2) is 0 Å². The van der Waals surface area contributed by atoms with Crippen LogP contribution in [0.2, 0.25) is 5.15 Å². The average Bonchev–Trinajstić information content (AvgIpc) is 2.43. The molecule has 1 unspecified atom stereocenters. The van der Waals surface area contributed by atoms with E-state index in [4.69, 9.17) is 17.3 Å². The normalized spacial score (nSPS) is 13.4. The monoisotopic (exact) mass is 209 g/mol. The molecule has 0 radical (unpaired) electrons. The fraction of sp³-hybridized carbons (Fsp3) is 0.300. The number of hydrogen-bond acceptors (Lipinski definition) is 2. The maximum atomic E-state index is 6.14. The zero-order valence-corrected chi connectivity index (χ0v) is 8.92. The molecule has 0 saturated heterocycles. The fourth-order valence-corrected chi connectivity index (χ4v) is 1.86. The van der Waals surface area contributed by atoms with Gasteiger partial charge in [0.1, 0.15) is 5.15 Å². The Labute approximate surface area is 87.5 Å². The van der Waals surface area contributed by atoms with E-state index in [2.05, 4.69) is 5.10 Å². The predicted octanol–water partition coefficient (Wildman–Crippen LogP) is 2.25. The van der Waals surface area contributed by atoms with Crippen LogP contribution in [-0.2, 0) is 7.05 Å². The topological polar surface area (TPSA) is 43.8 Å². The first-order valence-corrected chi connectivity index (χ1v) is 4.85. The molecule has 2 aromatic rings. The standard InChI is InChI=1S/C10H12ClN3/c1-6(12)7-4-3-5-8-9(7)10(11)14(2)13-8/h3-6H,12H2,1-2H3. The molecular formula is C10H12ClN3. The van der Waals surface area contributed by atoms with Crippen LogP contribution in [0.4, 0.5) is 0 Å². The smallest absolute Gasteiger partial charge is 0.134 e. The summed E-state index contributed by atoms with van der Waals surface area (Å²) in [5, 5.41) is 5.90. The molecule has 0 bridgehead atoms. The Balaban J connectivity index is 2.84. The molecule has 0 saturated carbocycles. The summed E-state index contributed by atoms with van der Waals surface area (Å²) in [6, 6.07) is 5.85. The highest BCUT2D eigenvalue weighted by Crippen LogP contribution is 2.28. The van der Waals surface area contributed by atoms with Crippen molar-refractivity contribution in [1.82, 2.24) is 9.78 Å². The lowest BCUT2D eigenvalue weighted by molar-refractivity contribution is 0.780. The first kappa shape index (κ1) is 9.49. The van der Waals surface area contributed by atoms with Gasteiger partial charge in [0, 0.05) is 18.5 Å². The number of fused-ring (bicyclic) bond motifs is 1. The molecule has 0 aliphatic rings. The highest BCUT2D eigenvalue weighted by Gasteiger charge is 2.12. The molecule has 74 valence electrons. The summed E-state index contributed by atoms with van der Waals surface area (Å²) in [4.78, 5) is 0. The summed E-state index contributed by atoms with van der Waals surface area (Å²) in [5.41, 5.74) is 7.80. The lowest BCUT2D eigenvalue weighted by Crippen LogP contribution is -2.05. The van der Waals surface area contributed by atoms with Crippen LogP contribution in [0.1, 0.15) is 18.5 Å². The number of rotatable bonds is 1. The Hall–Kier alpha value is -1.06. The lowest BCUT2D eigenvalue weighted by atomic mass is 10.1. The fourth-order valence-electron chi connectivity index (χ4n) is 1.61. The second-order valence-electron chi connectivity index (χ2n) is 3.44. The summed E-state index contributed by atoms with van der Waals surface area (Å²) >= 11 is 6.14. The van der Waals surface area contributed by atoms with Gasteiger partial charge in [-0.1, -0.05) is 23.7 Å². The third-order valence-corrected chi connectivity index (χ3v) is 2.75. The van der Waals surface area contributed by atoms with Crippen LogP contribution in [0.25, 0.3) is 10.9 Å². The second-order valence-corrected chi connectivity index (χ2v) is 3.80. The molecule has 0 fully saturated rings. The quantitative estimate of drug-likeness (QED) is 0.783. The summed E-state index contributed by atoms with van der Waals surface area (Å²) < 4.78 is 1.66. The Morgan fingerprint density at radius 3 is 2.86 bits per heavy atom. The highest BCUT2D eigenvalue weighted by molar-refractivity contribution is 6.34. The molecule has 1 aromatic heterocycles. The SMILES string of the molecule is CC(N)c1cccc2nn(C)c(Cl)c12. The largest absolute Gasteiger partial charge is 0.324 e. The van der Waals surface area contributed by atoms with E-state index >= 15 is 0 Å². The van der Waals surface area contributed by atoms with Crippen LogP contribution in [0, 0.1) is 0 Å². The van der Waals surface area contributed by atoms with Crippen molar-refractivity contribution in [2.45, 2.75) is 13.0 Å². The zero-order chi connectivity index (χ0) is 10.3. The zero-order valence-electron chi connectivity index (χ0n) is 8.16. The van der Waals surface area contributed by atoms with Crippen molar-refractivity contribution in [1.29, 1.82) is 0 Å². The third kappa shape index (κ3) is 1.29. The molecule has 0 aliphatic heterocycles. The van der Waals surface area contributed by atoms with Gasteiger partial charge in [0.2, 0.25) is 0 Å². The number of aromatic nitrogens is 2. The molecule has 1 heterocycles. The number of halogens is 1. The van der Waals surface area contributed by atoms with Gasteiger partial charge >= 0.3 is 0 Å². The van der Waals surface area contributed by atoms with E-state index in [1.54, 1.807) is 4.68 Å². The summed E-state index contributed by atoms with van der Waals surface area (Å²) in [6.07, 6.45) is 0. The van der Waals surface area contributed by atoms with E-state index in [0.29, 0.717) is 5.15 Å². The Kier molecular flexibility index (Phi) is 2.21. The third-order valence-electron chi connectivity index (χ3n) is 2.31. The minimum absolute atomic E-state index is 0.0274. The van der Waals surface area contributed by atoms with E-state index in [0.717, 1.165) is 16.5 Å². The molecule has 1 aromatic carbocycles. The van der Waals surface area contributed by atoms with E-state index in [9.17, 15) is 0 Å². The van der Waals surface area contributed by atoms with E-state index in [-0.39, 0.29) is 6.04 Å². The first-order chi connectivity index (χ1) is 6.61. The molecule has 2 N–H and O–H groups in total. The Bertz CT molecular complexity index is 473. The Morgan fingerprint density at radius 1 is 1.50 bits per heavy atom. The molecule has 0 amide bonds. The molecule has 0 spiro atoms. The first-order valence-electron chi connectivity index (χ1n) is 4.48. The van der Waals surface area contributed by atoms with Crippen LogP contribution >= 0.6 is 11.6 Å². The van der Waals surface area contributed by atoms with Gasteiger partial charge in [0.25, 0.3) is 0 Å². The maximum Gasteiger partial charge on any atom is 0.134 e. The molecule has 2 rings (SSSR count). The number of nitrogens with zero attached hydrogens (tertiary/aromatic N) is 2. The van der Waals surface area contributed by atoms with Crippen molar-refractivity contribution >= 4 is 22.5 Å². The van der Waals surface area contributed by atoms with Crippen molar-refractivity contribution in [2.75, 3.05) is 0 Å². The van der Waals surface area contributed by atoms with Crippen molar-refractivity contribution in [2.24, 2.45) is 12.8 Å². The summed E-state index contributed by atoms with van der Waals surface area (Å²) in [7, 11) is 1.83. The van der Waals surface area contributed by atoms with Gasteiger partial charge in [0.15, 0.2) is 0 Å². The van der Waals surface area contributed by atoms with Gasteiger partial charge in [-0.05, 0) is 18.6 Å². The average molecular weight is 210 g/mol. The van der Waals surface area contributed by atoms with Crippen LogP contribution < -0.4 is 5.73 Å². The van der Waals surface area contributed by atoms with Gasteiger partial charge in [-0.2, -0.15) is 5.10 Å². The molecule has 3 nitrogen and oxygen atoms in total. The molecule has 0 aliphatic carbocycles. The molecule has 1 atom stereocenters. The van der Waals surface area contributed by atoms with Gasteiger partial charge in [0.05, 0.1) is 5.52 Å². The molecule has 4 heteroatoms. The van der Waals surface area contributed by atoms with Crippen molar-refractivity contribution in [3.05, 3.63) is 28.9 Å². The van der Waals surface area contributed by atoms with Gasteiger partial charge in [-0.15, -0.1) is 0 Å². The van der Waals surface area contributed by atoms with E-state index in [1.807, 2.05) is 32.2 Å². The van der Waals surface area contributed by atoms with Crippen molar-refractivity contribution in [3.8, 4) is 0 Å². The second kappa shape index (κ2) is 3.26. The van der Waals surface area contributed by atoms with E-state index < -0.39 is 0 Å². The molecule has 14 heavy (non-hydrogen) atoms. The van der Waals surface area contributed by atoms with Crippen LogP contribution in [0.15, 0.2) is 18.2 Å². The molecular weight excluding hydrogens is 198 g/mol. The maximum absolute atomic E-state index is 6.14. The number of benzene rings is 1. The summed E-state index contributed by atoms with van der Waals surface area (Å²) in [6.45, 7) is 1.94. The van der Waals surface area contributed by atoms with Crippen LogP contribution in [0.5, 0.6) is 0 Å². The number of nitrogens with two attached hydrogens (primary N) is 1. The van der Waals surface area contributed by atoms with E-state index in [1.165, 1.54) is 0 Å². The van der Waals surface area contributed by atoms with Crippen LogP contribution in [0.3, 0.4) is 0 Å². The minimum Gasteiger partial charge on any atom is -0.324 e. The number of aryl methyl sites for hydroxylation is 1. The Morgan fingerprint density at radius 2 is 2.21 bits per heavy atom. The minimum atomic E-state index is -0.0274. The predicted molar refractivity (Wildman–Crippen MR) is 58.3 cm³/mol. The number of hydrogen-bond donors (Lipinski definition) is 1. The van der Waals surface area contributed by atoms with Gasteiger partial charge < -0.3 is 5.73 Å². The van der Waals surface area contributed by atoms with Gasteiger partial charge in [-0.3, -0.25) is 4.68 Å². The van der Waals surface area contributed by atoms with Crippen LogP contribution in [-0.4, -0.2) is 9.78 Å². The highest BCUT2D eigenvalue weighted by atomic mass is 35.5. The summed E-state index contributed by atoms with van der Waals surface area (Å²) in [5.74, 6) is 0. The van der Waals surface area contributed by atoms with Crippen molar-refractivity contribution in [3.63, 3.8) is 0 Å². The lowest BCUT2D eigenvalue weighted by Gasteiger charge is -2.06. The van der Waals surface area contributed by atoms with Crippen molar-refractivity contribution < 1.29 is 0 Å².